The number of morpholine rings is 1. The quantitative estimate of drug-likeness (QED) is 0.641. The van der Waals surface area contributed by atoms with Gasteiger partial charge in [-0.1, -0.05) is 6.58 Å². The van der Waals surface area contributed by atoms with Crippen LogP contribution in [0.1, 0.15) is 37.1 Å². The molecule has 1 aromatic heterocycles. The Bertz CT molecular complexity index is 844. The van der Waals surface area contributed by atoms with Gasteiger partial charge in [0.2, 0.25) is 0 Å². The third kappa shape index (κ3) is 5.23. The van der Waals surface area contributed by atoms with Gasteiger partial charge < -0.3 is 14.5 Å². The van der Waals surface area contributed by atoms with Crippen molar-refractivity contribution >= 4 is 17.2 Å². The van der Waals surface area contributed by atoms with E-state index >= 15 is 0 Å². The van der Waals surface area contributed by atoms with Crippen LogP contribution in [0.3, 0.4) is 0 Å². The number of carbonyl (C=O) groups excluding carboxylic acids is 1. The van der Waals surface area contributed by atoms with Crippen LogP contribution in [0.5, 0.6) is 0 Å². The summed E-state index contributed by atoms with van der Waals surface area (Å²) in [7, 11) is 0. The van der Waals surface area contributed by atoms with E-state index in [0.29, 0.717) is 18.1 Å². The molecule has 1 amide bonds. The first-order chi connectivity index (χ1) is 14.5. The van der Waals surface area contributed by atoms with E-state index < -0.39 is 12.2 Å². The first kappa shape index (κ1) is 23.6. The lowest BCUT2D eigenvalue weighted by Gasteiger charge is -2.45. The SMILES string of the molecule is C=C1N(C(=O)/C=C(\C)N2C(C)COC[C@H]2C)CCC(C(F)(F)F)N1Cc1cnc(C)s1. The van der Waals surface area contributed by atoms with Crippen LogP contribution in [0.15, 0.2) is 30.4 Å². The minimum Gasteiger partial charge on any atom is -0.377 e. The van der Waals surface area contributed by atoms with Crippen molar-refractivity contribution in [3.63, 3.8) is 0 Å². The van der Waals surface area contributed by atoms with Crippen LogP contribution in [0, 0.1) is 6.92 Å². The maximum atomic E-state index is 13.7. The van der Waals surface area contributed by atoms with Crippen LogP contribution in [-0.4, -0.2) is 69.7 Å². The van der Waals surface area contributed by atoms with Crippen molar-refractivity contribution in [3.8, 4) is 0 Å². The molecule has 0 spiro atoms. The molecule has 0 saturated carbocycles. The molecule has 6 nitrogen and oxygen atoms in total. The van der Waals surface area contributed by atoms with E-state index in [2.05, 4.69) is 16.5 Å². The number of halogens is 3. The van der Waals surface area contributed by atoms with Gasteiger partial charge in [-0.05, 0) is 34.1 Å². The highest BCUT2D eigenvalue weighted by Gasteiger charge is 2.47. The number of rotatable bonds is 4. The summed E-state index contributed by atoms with van der Waals surface area (Å²) in [6.45, 7) is 12.7. The zero-order valence-corrected chi connectivity index (χ0v) is 19.1. The van der Waals surface area contributed by atoms with Crippen molar-refractivity contribution in [3.05, 3.63) is 40.3 Å². The van der Waals surface area contributed by atoms with Crippen LogP contribution in [0.2, 0.25) is 0 Å². The van der Waals surface area contributed by atoms with Crippen LogP contribution in [-0.2, 0) is 16.1 Å². The smallest absolute Gasteiger partial charge is 0.377 e. The van der Waals surface area contributed by atoms with Crippen molar-refractivity contribution in [1.29, 1.82) is 0 Å². The van der Waals surface area contributed by atoms with Gasteiger partial charge in [0, 0.05) is 41.5 Å². The lowest BCUT2D eigenvalue weighted by molar-refractivity contribution is -0.193. The number of allylic oxidation sites excluding steroid dienone is 1. The Labute approximate surface area is 185 Å². The molecular formula is C21H29F3N4O2S. The van der Waals surface area contributed by atoms with E-state index in [1.54, 1.807) is 13.1 Å². The van der Waals surface area contributed by atoms with Gasteiger partial charge in [0.15, 0.2) is 0 Å². The summed E-state index contributed by atoms with van der Waals surface area (Å²) in [6, 6.07) is -1.47. The summed E-state index contributed by atoms with van der Waals surface area (Å²) >= 11 is 1.34. The number of aromatic nitrogens is 1. The lowest BCUT2D eigenvalue weighted by Crippen LogP contribution is -2.55. The first-order valence-corrected chi connectivity index (χ1v) is 11.1. The molecule has 0 radical (unpaired) electrons. The molecule has 31 heavy (non-hydrogen) atoms. The topological polar surface area (TPSA) is 48.9 Å². The van der Waals surface area contributed by atoms with E-state index in [-0.39, 0.29) is 43.3 Å². The number of hydrogen-bond acceptors (Lipinski definition) is 6. The number of nitrogens with zero attached hydrogens (tertiary/aromatic N) is 4. The molecule has 172 valence electrons. The second-order valence-corrected chi connectivity index (χ2v) is 9.47. The maximum absolute atomic E-state index is 13.7. The number of hydrogen-bond donors (Lipinski definition) is 0. The molecule has 2 aliphatic rings. The minimum absolute atomic E-state index is 0.0124. The van der Waals surface area contributed by atoms with Crippen molar-refractivity contribution in [2.24, 2.45) is 0 Å². The zero-order valence-electron chi connectivity index (χ0n) is 18.3. The second-order valence-electron chi connectivity index (χ2n) is 8.15. The minimum atomic E-state index is -4.41. The summed E-state index contributed by atoms with van der Waals surface area (Å²) in [5, 5.41) is 0.779. The van der Waals surface area contributed by atoms with Gasteiger partial charge in [-0.2, -0.15) is 13.2 Å². The molecule has 0 bridgehead atoms. The zero-order chi connectivity index (χ0) is 22.9. The summed E-state index contributed by atoms with van der Waals surface area (Å²) in [5.74, 6) is -0.295. The van der Waals surface area contributed by atoms with Gasteiger partial charge >= 0.3 is 6.18 Å². The third-order valence-electron chi connectivity index (χ3n) is 5.69. The van der Waals surface area contributed by atoms with Gasteiger partial charge in [-0.3, -0.25) is 9.69 Å². The summed E-state index contributed by atoms with van der Waals surface area (Å²) in [6.07, 6.45) is -1.55. The molecule has 3 atom stereocenters. The van der Waals surface area contributed by atoms with E-state index in [0.717, 1.165) is 10.7 Å². The van der Waals surface area contributed by atoms with Gasteiger partial charge in [-0.25, -0.2) is 4.98 Å². The summed E-state index contributed by atoms with van der Waals surface area (Å²) in [5.41, 5.74) is 0.767. The fourth-order valence-electron chi connectivity index (χ4n) is 4.33. The Balaban J connectivity index is 1.81. The largest absolute Gasteiger partial charge is 0.408 e. The van der Waals surface area contributed by atoms with Crippen molar-refractivity contribution in [2.75, 3.05) is 19.8 Å². The maximum Gasteiger partial charge on any atom is 0.408 e. The molecule has 0 aromatic carbocycles. The highest BCUT2D eigenvalue weighted by atomic mass is 32.1. The van der Waals surface area contributed by atoms with E-state index in [1.165, 1.54) is 27.2 Å². The summed E-state index contributed by atoms with van der Waals surface area (Å²) < 4.78 is 46.7. The molecular weight excluding hydrogens is 429 g/mol. The Hall–Kier alpha value is -2.07. The van der Waals surface area contributed by atoms with Gasteiger partial charge in [0.05, 0.1) is 24.8 Å². The van der Waals surface area contributed by atoms with E-state index in [1.807, 2.05) is 20.8 Å². The Morgan fingerprint density at radius 3 is 2.55 bits per heavy atom. The number of aryl methyl sites for hydroxylation is 1. The van der Waals surface area contributed by atoms with Gasteiger partial charge in [0.1, 0.15) is 11.9 Å². The molecule has 1 aromatic rings. The van der Waals surface area contributed by atoms with Crippen molar-refractivity contribution < 1.29 is 22.7 Å². The third-order valence-corrected chi connectivity index (χ3v) is 6.59. The fourth-order valence-corrected chi connectivity index (χ4v) is 5.12. The molecule has 0 N–H and O–H groups in total. The average Bonchev–Trinajstić information content (AvgIpc) is 3.07. The number of ether oxygens (including phenoxy) is 1. The van der Waals surface area contributed by atoms with Crippen LogP contribution in [0.25, 0.3) is 0 Å². The molecule has 2 unspecified atom stereocenters. The molecule has 2 aliphatic heterocycles. The summed E-state index contributed by atoms with van der Waals surface area (Å²) in [4.78, 5) is 22.5. The Morgan fingerprint density at radius 2 is 2.00 bits per heavy atom. The number of amides is 1. The number of carbonyl (C=O) groups is 1. The molecule has 0 aliphatic carbocycles. The fraction of sp³-hybridized carbons (Fsp3) is 0.619. The van der Waals surface area contributed by atoms with Crippen molar-refractivity contribution in [1.82, 2.24) is 19.7 Å². The van der Waals surface area contributed by atoms with Crippen molar-refractivity contribution in [2.45, 2.75) is 65.0 Å². The molecule has 3 heterocycles. The van der Waals surface area contributed by atoms with E-state index in [4.69, 9.17) is 4.74 Å². The predicted octanol–water partition coefficient (Wildman–Crippen LogP) is 3.90. The average molecular weight is 459 g/mol. The van der Waals surface area contributed by atoms with E-state index in [9.17, 15) is 18.0 Å². The standard InChI is InChI=1S/C21H29F3N4O2S/c1-13(28-14(2)11-30-12-15(28)3)8-20(29)26-7-6-19(21(22,23)24)27(17(26)5)10-18-9-25-16(4)31-18/h8-9,14-15,19H,5-7,10-12H2,1-4H3/b13-8+/t14-,15?,19?/m1/s1. The Morgan fingerprint density at radius 1 is 1.35 bits per heavy atom. The Kier molecular flexibility index (Phi) is 7.00. The van der Waals surface area contributed by atoms with Gasteiger partial charge in [-0.15, -0.1) is 11.3 Å². The molecule has 2 fully saturated rings. The molecule has 3 rings (SSSR count). The van der Waals surface area contributed by atoms with Crippen LogP contribution < -0.4 is 0 Å². The first-order valence-electron chi connectivity index (χ1n) is 10.3. The monoisotopic (exact) mass is 458 g/mol. The normalized spacial score (nSPS) is 25.9. The predicted molar refractivity (Wildman–Crippen MR) is 113 cm³/mol. The molecule has 2 saturated heterocycles. The number of thiazole rings is 1. The van der Waals surface area contributed by atoms with Crippen LogP contribution in [0.4, 0.5) is 13.2 Å². The van der Waals surface area contributed by atoms with Crippen LogP contribution >= 0.6 is 11.3 Å². The number of alkyl halides is 3. The second kappa shape index (κ2) is 9.20. The molecule has 10 heteroatoms. The highest BCUT2D eigenvalue weighted by molar-refractivity contribution is 7.11. The highest BCUT2D eigenvalue weighted by Crippen LogP contribution is 2.36. The van der Waals surface area contributed by atoms with Gasteiger partial charge in [0.25, 0.3) is 5.91 Å². The lowest BCUT2D eigenvalue weighted by atomic mass is 10.1.